The van der Waals surface area contributed by atoms with Crippen molar-refractivity contribution in [2.75, 3.05) is 40.3 Å². The van der Waals surface area contributed by atoms with Crippen molar-refractivity contribution in [1.82, 2.24) is 25.3 Å². The van der Waals surface area contributed by atoms with E-state index in [4.69, 9.17) is 4.74 Å². The van der Waals surface area contributed by atoms with E-state index in [9.17, 15) is 0 Å². The van der Waals surface area contributed by atoms with Crippen LogP contribution < -0.4 is 10.6 Å². The van der Waals surface area contributed by atoms with Crippen molar-refractivity contribution in [3.63, 3.8) is 0 Å². The van der Waals surface area contributed by atoms with Gasteiger partial charge in [0.15, 0.2) is 5.96 Å². The molecule has 0 saturated carbocycles. The van der Waals surface area contributed by atoms with E-state index in [1.54, 1.807) is 7.05 Å². The van der Waals surface area contributed by atoms with Gasteiger partial charge in [-0.3, -0.25) is 9.67 Å². The molecule has 1 aliphatic rings. The Kier molecular flexibility index (Phi) is 6.62. The van der Waals surface area contributed by atoms with Gasteiger partial charge in [-0.2, -0.15) is 5.10 Å². The van der Waals surface area contributed by atoms with Gasteiger partial charge in [-0.25, -0.2) is 0 Å². The second-order valence-electron chi connectivity index (χ2n) is 6.73. The number of ether oxygens (including phenoxy) is 1. The summed E-state index contributed by atoms with van der Waals surface area (Å²) in [6.45, 7) is 9.87. The Morgan fingerprint density at radius 2 is 2.17 bits per heavy atom. The highest BCUT2D eigenvalue weighted by atomic mass is 16.5. The van der Waals surface area contributed by atoms with Crippen LogP contribution in [0.15, 0.2) is 4.99 Å². The molecule has 0 aromatic carbocycles. The first-order valence-electron chi connectivity index (χ1n) is 8.67. The molecule has 1 aliphatic heterocycles. The van der Waals surface area contributed by atoms with Gasteiger partial charge >= 0.3 is 0 Å². The Balaban J connectivity index is 1.83. The third-order valence-corrected chi connectivity index (χ3v) is 4.61. The van der Waals surface area contributed by atoms with Crippen LogP contribution in [0.25, 0.3) is 0 Å². The summed E-state index contributed by atoms with van der Waals surface area (Å²) in [5.41, 5.74) is 3.64. The zero-order valence-corrected chi connectivity index (χ0v) is 15.9. The molecule has 1 aromatic rings. The van der Waals surface area contributed by atoms with Gasteiger partial charge < -0.3 is 20.3 Å². The lowest BCUT2D eigenvalue weighted by atomic mass is 10.1. The van der Waals surface area contributed by atoms with Crippen LogP contribution in [0, 0.1) is 13.8 Å². The molecule has 2 heterocycles. The van der Waals surface area contributed by atoms with E-state index in [1.807, 2.05) is 11.7 Å². The first kappa shape index (κ1) is 18.7. The molecule has 0 amide bonds. The molecule has 1 saturated heterocycles. The molecule has 0 radical (unpaired) electrons. The first-order chi connectivity index (χ1) is 11.4. The van der Waals surface area contributed by atoms with Gasteiger partial charge in [-0.15, -0.1) is 0 Å². The van der Waals surface area contributed by atoms with E-state index in [0.717, 1.165) is 44.3 Å². The lowest BCUT2D eigenvalue weighted by molar-refractivity contribution is -0.0161. The van der Waals surface area contributed by atoms with E-state index in [-0.39, 0.29) is 12.1 Å². The van der Waals surface area contributed by atoms with Gasteiger partial charge in [0.25, 0.3) is 0 Å². The molecule has 2 rings (SSSR count). The Labute approximate surface area is 145 Å². The van der Waals surface area contributed by atoms with Gasteiger partial charge in [0, 0.05) is 45.5 Å². The zero-order chi connectivity index (χ0) is 17.7. The summed E-state index contributed by atoms with van der Waals surface area (Å²) < 4.78 is 7.73. The van der Waals surface area contributed by atoms with Crippen molar-refractivity contribution in [3.8, 4) is 0 Å². The van der Waals surface area contributed by atoms with Crippen LogP contribution in [0.2, 0.25) is 0 Å². The number of nitrogens with zero attached hydrogens (tertiary/aromatic N) is 4. The van der Waals surface area contributed by atoms with E-state index in [1.165, 1.54) is 11.3 Å². The summed E-state index contributed by atoms with van der Waals surface area (Å²) in [7, 11) is 5.92. The van der Waals surface area contributed by atoms with Crippen molar-refractivity contribution in [1.29, 1.82) is 0 Å². The van der Waals surface area contributed by atoms with Crippen LogP contribution in [-0.4, -0.2) is 73.1 Å². The second-order valence-corrected chi connectivity index (χ2v) is 6.73. The molecule has 7 nitrogen and oxygen atoms in total. The highest BCUT2D eigenvalue weighted by Gasteiger charge is 2.18. The number of rotatable bonds is 5. The fraction of sp³-hybridized carbons (Fsp3) is 0.765. The van der Waals surface area contributed by atoms with Crippen LogP contribution in [0.5, 0.6) is 0 Å². The number of morpholine rings is 1. The third-order valence-electron chi connectivity index (χ3n) is 4.61. The minimum atomic E-state index is 0.209. The second kappa shape index (κ2) is 8.48. The molecular formula is C17H32N6O. The fourth-order valence-electron chi connectivity index (χ4n) is 3.10. The Bertz CT molecular complexity index is 568. The normalized spacial score (nSPS) is 20.9. The number of aromatic nitrogens is 2. The molecule has 0 spiro atoms. The van der Waals surface area contributed by atoms with Gasteiger partial charge in [0.1, 0.15) is 0 Å². The molecule has 0 bridgehead atoms. The molecule has 1 aromatic heterocycles. The summed E-state index contributed by atoms with van der Waals surface area (Å²) in [6, 6.07) is 0.271. The molecule has 7 heteroatoms. The summed E-state index contributed by atoms with van der Waals surface area (Å²) in [4.78, 5) is 6.62. The number of aliphatic imine (C=N–C) groups is 1. The van der Waals surface area contributed by atoms with Gasteiger partial charge in [0.05, 0.1) is 18.4 Å². The van der Waals surface area contributed by atoms with Crippen molar-refractivity contribution >= 4 is 5.96 Å². The van der Waals surface area contributed by atoms with Gasteiger partial charge in [0.2, 0.25) is 0 Å². The van der Waals surface area contributed by atoms with E-state index < -0.39 is 0 Å². The molecule has 2 atom stereocenters. The predicted molar refractivity (Wildman–Crippen MR) is 97.6 cm³/mol. The molecular weight excluding hydrogens is 304 g/mol. The van der Waals surface area contributed by atoms with E-state index in [2.05, 4.69) is 53.4 Å². The van der Waals surface area contributed by atoms with Crippen molar-refractivity contribution in [3.05, 3.63) is 17.0 Å². The Morgan fingerprint density at radius 1 is 1.42 bits per heavy atom. The number of nitrogens with one attached hydrogen (secondary N) is 2. The quantitative estimate of drug-likeness (QED) is 0.604. The largest absolute Gasteiger partial charge is 0.374 e. The number of hydrogen-bond donors (Lipinski definition) is 2. The molecule has 2 N–H and O–H groups in total. The maximum atomic E-state index is 5.78. The average molecular weight is 336 g/mol. The minimum Gasteiger partial charge on any atom is -0.374 e. The third kappa shape index (κ3) is 4.95. The molecule has 0 aliphatic carbocycles. The summed E-state index contributed by atoms with van der Waals surface area (Å²) >= 11 is 0. The molecule has 136 valence electrons. The summed E-state index contributed by atoms with van der Waals surface area (Å²) in [5, 5.41) is 11.3. The van der Waals surface area contributed by atoms with Crippen LogP contribution in [-0.2, 0) is 18.2 Å². The molecule has 24 heavy (non-hydrogen) atoms. The fourth-order valence-corrected chi connectivity index (χ4v) is 3.10. The number of guanidine groups is 1. The van der Waals surface area contributed by atoms with Gasteiger partial charge in [-0.05, 0) is 39.8 Å². The van der Waals surface area contributed by atoms with Crippen molar-refractivity contribution in [2.45, 2.75) is 39.3 Å². The van der Waals surface area contributed by atoms with Crippen molar-refractivity contribution < 1.29 is 4.74 Å². The predicted octanol–water partition coefficient (Wildman–Crippen LogP) is 0.464. The first-order valence-corrected chi connectivity index (χ1v) is 8.67. The van der Waals surface area contributed by atoms with Crippen molar-refractivity contribution in [2.24, 2.45) is 12.0 Å². The van der Waals surface area contributed by atoms with Gasteiger partial charge in [-0.1, -0.05) is 0 Å². The lowest BCUT2D eigenvalue weighted by Crippen LogP contribution is -2.50. The van der Waals surface area contributed by atoms with Crippen LogP contribution in [0.1, 0.15) is 23.9 Å². The topological polar surface area (TPSA) is 66.7 Å². The van der Waals surface area contributed by atoms with Crippen LogP contribution >= 0.6 is 0 Å². The monoisotopic (exact) mass is 336 g/mol. The summed E-state index contributed by atoms with van der Waals surface area (Å²) in [5.74, 6) is 0.818. The highest BCUT2D eigenvalue weighted by molar-refractivity contribution is 5.80. The molecule has 2 unspecified atom stereocenters. The van der Waals surface area contributed by atoms with E-state index in [0.29, 0.717) is 0 Å². The zero-order valence-electron chi connectivity index (χ0n) is 15.9. The van der Waals surface area contributed by atoms with E-state index >= 15 is 0 Å². The minimum absolute atomic E-state index is 0.209. The standard InChI is InChI=1S/C17H32N6O/c1-12(9-16-13(2)21-23(6)14(16)3)20-17(18-4)19-10-15-11-22(5)7-8-24-15/h12,15H,7-11H2,1-6H3,(H2,18,19,20). The Morgan fingerprint density at radius 3 is 2.75 bits per heavy atom. The number of hydrogen-bond acceptors (Lipinski definition) is 4. The maximum absolute atomic E-state index is 5.78. The highest BCUT2D eigenvalue weighted by Crippen LogP contribution is 2.14. The SMILES string of the molecule is CN=C(NCC1CN(C)CCO1)NC(C)Cc1c(C)nn(C)c1C. The smallest absolute Gasteiger partial charge is 0.191 e. The molecule has 1 fully saturated rings. The lowest BCUT2D eigenvalue weighted by Gasteiger charge is -2.30. The number of likely N-dealkylation sites (N-methyl/N-ethyl adjacent to an activating group) is 1. The average Bonchev–Trinajstić information content (AvgIpc) is 2.78. The van der Waals surface area contributed by atoms with Crippen LogP contribution in [0.3, 0.4) is 0 Å². The van der Waals surface area contributed by atoms with Crippen LogP contribution in [0.4, 0.5) is 0 Å². The Hall–Kier alpha value is -1.60. The summed E-state index contributed by atoms with van der Waals surface area (Å²) in [6.07, 6.45) is 1.13. The maximum Gasteiger partial charge on any atom is 0.191 e. The number of aryl methyl sites for hydroxylation is 2.